The van der Waals surface area contributed by atoms with E-state index >= 15 is 0 Å². The molecule has 24 heavy (non-hydrogen) atoms. The average Bonchev–Trinajstić information content (AvgIpc) is 2.99. The van der Waals surface area contributed by atoms with Crippen molar-refractivity contribution >= 4 is 16.6 Å². The Hall–Kier alpha value is -1.61. The molecule has 5 rings (SSSR count). The lowest BCUT2D eigenvalue weighted by molar-refractivity contribution is 0.311. The van der Waals surface area contributed by atoms with E-state index in [1.54, 1.807) is 5.56 Å². The van der Waals surface area contributed by atoms with Gasteiger partial charge >= 0.3 is 0 Å². The van der Waals surface area contributed by atoms with Crippen molar-refractivity contribution in [1.82, 2.24) is 9.88 Å². The summed E-state index contributed by atoms with van der Waals surface area (Å²) in [6.45, 7) is 9.51. The molecule has 1 saturated carbocycles. The lowest BCUT2D eigenvalue weighted by Gasteiger charge is -2.37. The molecule has 2 fully saturated rings. The molecule has 0 radical (unpaired) electrons. The summed E-state index contributed by atoms with van der Waals surface area (Å²) in [5, 5.41) is 1.36. The van der Waals surface area contributed by atoms with E-state index < -0.39 is 0 Å². The van der Waals surface area contributed by atoms with Crippen LogP contribution < -0.4 is 4.90 Å². The standard InChI is InChI=1S/C21H27N3/c1-21(2)15-8-9-16(21)19-18(15)20(24-12-10-23(3)11-13-24)14-6-4-5-7-17(14)22-19/h4-7,15-16H,8-13H2,1-3H3/t15-,16+/m0/s1. The molecular weight excluding hydrogens is 294 g/mol. The molecule has 2 heterocycles. The topological polar surface area (TPSA) is 19.4 Å². The van der Waals surface area contributed by atoms with Crippen LogP contribution in [0.5, 0.6) is 0 Å². The Morgan fingerprint density at radius 1 is 1.00 bits per heavy atom. The van der Waals surface area contributed by atoms with Crippen molar-refractivity contribution in [2.24, 2.45) is 5.41 Å². The molecular formula is C21H27N3. The Morgan fingerprint density at radius 2 is 1.71 bits per heavy atom. The van der Waals surface area contributed by atoms with E-state index in [1.807, 2.05) is 0 Å². The van der Waals surface area contributed by atoms with Gasteiger partial charge in [0.05, 0.1) is 16.9 Å². The maximum absolute atomic E-state index is 5.17. The summed E-state index contributed by atoms with van der Waals surface area (Å²) < 4.78 is 0. The smallest absolute Gasteiger partial charge is 0.0726 e. The van der Waals surface area contributed by atoms with Crippen molar-refractivity contribution in [3.05, 3.63) is 35.5 Å². The van der Waals surface area contributed by atoms with Gasteiger partial charge in [0.1, 0.15) is 0 Å². The van der Waals surface area contributed by atoms with Gasteiger partial charge in [-0.1, -0.05) is 32.0 Å². The predicted molar refractivity (Wildman–Crippen MR) is 100.0 cm³/mol. The molecule has 2 atom stereocenters. The van der Waals surface area contributed by atoms with E-state index in [4.69, 9.17) is 4.98 Å². The molecule has 0 spiro atoms. The summed E-state index contributed by atoms with van der Waals surface area (Å²) in [5.74, 6) is 1.33. The Labute approximate surface area is 144 Å². The molecule has 0 unspecified atom stereocenters. The molecule has 3 nitrogen and oxygen atoms in total. The van der Waals surface area contributed by atoms with Crippen molar-refractivity contribution in [3.63, 3.8) is 0 Å². The van der Waals surface area contributed by atoms with Gasteiger partial charge in [-0.15, -0.1) is 0 Å². The van der Waals surface area contributed by atoms with Gasteiger partial charge in [-0.3, -0.25) is 4.98 Å². The fourth-order valence-corrected chi connectivity index (χ4v) is 5.53. The maximum atomic E-state index is 5.17. The third kappa shape index (κ3) is 1.85. The van der Waals surface area contributed by atoms with Gasteiger partial charge < -0.3 is 9.80 Å². The number of aromatic nitrogens is 1. The quantitative estimate of drug-likeness (QED) is 0.792. The second-order valence-electron chi connectivity index (χ2n) is 8.57. The van der Waals surface area contributed by atoms with Gasteiger partial charge in [-0.25, -0.2) is 0 Å². The van der Waals surface area contributed by atoms with Crippen molar-refractivity contribution in [3.8, 4) is 0 Å². The minimum absolute atomic E-state index is 0.369. The third-order valence-electron chi connectivity index (χ3n) is 6.97. The zero-order valence-corrected chi connectivity index (χ0v) is 15.0. The fourth-order valence-electron chi connectivity index (χ4n) is 5.53. The number of rotatable bonds is 1. The number of fused-ring (bicyclic) bond motifs is 6. The highest BCUT2D eigenvalue weighted by Gasteiger charge is 2.54. The SMILES string of the molecule is CN1CCN(c2c3c(nc4ccccc24)[C@H]2CC[C@@H]3C2(C)C)CC1. The number of anilines is 1. The van der Waals surface area contributed by atoms with Crippen LogP contribution in [0.1, 0.15) is 49.8 Å². The Bertz CT molecular complexity index is 802. The first kappa shape index (κ1) is 14.7. The first-order valence-corrected chi connectivity index (χ1v) is 9.43. The normalized spacial score (nSPS) is 28.5. The van der Waals surface area contributed by atoms with Crippen LogP contribution in [-0.2, 0) is 0 Å². The third-order valence-corrected chi connectivity index (χ3v) is 6.97. The molecule has 3 aliphatic rings. The molecule has 2 bridgehead atoms. The summed E-state index contributed by atoms with van der Waals surface area (Å²) in [6, 6.07) is 8.80. The van der Waals surface area contributed by atoms with Gasteiger partial charge in [-0.05, 0) is 37.3 Å². The minimum Gasteiger partial charge on any atom is -0.368 e. The summed E-state index contributed by atoms with van der Waals surface area (Å²) in [6.07, 6.45) is 2.66. The first-order valence-electron chi connectivity index (χ1n) is 9.43. The molecule has 2 aliphatic carbocycles. The number of likely N-dealkylation sites (N-methyl/N-ethyl adjacent to an activating group) is 1. The fraction of sp³-hybridized carbons (Fsp3) is 0.571. The van der Waals surface area contributed by atoms with Gasteiger partial charge in [0.2, 0.25) is 0 Å². The Kier molecular flexibility index (Phi) is 3.03. The summed E-state index contributed by atoms with van der Waals surface area (Å²) in [4.78, 5) is 10.3. The van der Waals surface area contributed by atoms with Crippen LogP contribution in [0.4, 0.5) is 5.69 Å². The van der Waals surface area contributed by atoms with Crippen LogP contribution in [0.3, 0.4) is 0 Å². The highest BCUT2D eigenvalue weighted by atomic mass is 15.3. The predicted octanol–water partition coefficient (Wildman–Crippen LogP) is 3.99. The lowest BCUT2D eigenvalue weighted by Crippen LogP contribution is -2.45. The van der Waals surface area contributed by atoms with E-state index in [1.165, 1.54) is 35.1 Å². The number of hydrogen-bond donors (Lipinski definition) is 0. The highest BCUT2D eigenvalue weighted by molar-refractivity contribution is 5.95. The van der Waals surface area contributed by atoms with Gasteiger partial charge in [0.25, 0.3) is 0 Å². The van der Waals surface area contributed by atoms with Crippen LogP contribution in [0, 0.1) is 5.41 Å². The van der Waals surface area contributed by atoms with Crippen LogP contribution in [-0.4, -0.2) is 43.1 Å². The molecule has 0 amide bonds. The van der Waals surface area contributed by atoms with Gasteiger partial charge in [0.15, 0.2) is 0 Å². The van der Waals surface area contributed by atoms with Gasteiger partial charge in [0, 0.05) is 43.0 Å². The number of benzene rings is 1. The number of piperazine rings is 1. The van der Waals surface area contributed by atoms with Crippen LogP contribution in [0.25, 0.3) is 10.9 Å². The molecule has 126 valence electrons. The van der Waals surface area contributed by atoms with Crippen LogP contribution in [0.15, 0.2) is 24.3 Å². The van der Waals surface area contributed by atoms with Gasteiger partial charge in [-0.2, -0.15) is 0 Å². The molecule has 0 N–H and O–H groups in total. The van der Waals surface area contributed by atoms with Crippen LogP contribution in [0.2, 0.25) is 0 Å². The van der Waals surface area contributed by atoms with E-state index in [0.29, 0.717) is 17.3 Å². The first-order chi connectivity index (χ1) is 11.6. The van der Waals surface area contributed by atoms with E-state index in [0.717, 1.165) is 26.2 Å². The van der Waals surface area contributed by atoms with Crippen molar-refractivity contribution < 1.29 is 0 Å². The number of para-hydroxylation sites is 1. The molecule has 3 heteroatoms. The van der Waals surface area contributed by atoms with E-state index in [9.17, 15) is 0 Å². The zero-order chi connectivity index (χ0) is 16.5. The maximum Gasteiger partial charge on any atom is 0.0726 e. The minimum atomic E-state index is 0.369. The molecule has 1 aromatic carbocycles. The Morgan fingerprint density at radius 3 is 2.50 bits per heavy atom. The highest BCUT2D eigenvalue weighted by Crippen LogP contribution is 2.66. The van der Waals surface area contributed by atoms with E-state index in [-0.39, 0.29) is 0 Å². The van der Waals surface area contributed by atoms with E-state index in [2.05, 4.69) is 55.0 Å². The summed E-state index contributed by atoms with van der Waals surface area (Å²) in [5.41, 5.74) is 6.09. The lowest BCUT2D eigenvalue weighted by atomic mass is 9.80. The monoisotopic (exact) mass is 321 g/mol. The van der Waals surface area contributed by atoms with Crippen LogP contribution >= 0.6 is 0 Å². The second kappa shape index (κ2) is 4.95. The molecule has 1 saturated heterocycles. The number of pyridine rings is 1. The van der Waals surface area contributed by atoms with Crippen molar-refractivity contribution in [2.75, 3.05) is 38.1 Å². The largest absolute Gasteiger partial charge is 0.368 e. The average molecular weight is 321 g/mol. The Balaban J connectivity index is 1.75. The summed E-state index contributed by atoms with van der Waals surface area (Å²) >= 11 is 0. The molecule has 2 aromatic rings. The zero-order valence-electron chi connectivity index (χ0n) is 15.0. The number of hydrogen-bond acceptors (Lipinski definition) is 3. The van der Waals surface area contributed by atoms with Crippen molar-refractivity contribution in [1.29, 1.82) is 0 Å². The molecule has 1 aromatic heterocycles. The molecule has 1 aliphatic heterocycles. The summed E-state index contributed by atoms with van der Waals surface area (Å²) in [7, 11) is 2.23. The number of nitrogens with zero attached hydrogens (tertiary/aromatic N) is 3. The second-order valence-corrected chi connectivity index (χ2v) is 8.57. The van der Waals surface area contributed by atoms with Crippen molar-refractivity contribution in [2.45, 2.75) is 38.5 Å².